The van der Waals surface area contributed by atoms with Crippen LogP contribution < -0.4 is 15.0 Å². The van der Waals surface area contributed by atoms with E-state index in [-0.39, 0.29) is 25.5 Å². The van der Waals surface area contributed by atoms with E-state index in [0.717, 1.165) is 13.1 Å². The van der Waals surface area contributed by atoms with Crippen LogP contribution in [0.5, 0.6) is 5.75 Å². The Labute approximate surface area is 165 Å². The molecule has 2 aromatic rings. The van der Waals surface area contributed by atoms with Crippen LogP contribution in [-0.4, -0.2) is 38.2 Å². The average molecular weight is 382 g/mol. The minimum absolute atomic E-state index is 0.0900. The van der Waals surface area contributed by atoms with Crippen molar-refractivity contribution >= 4 is 23.3 Å². The van der Waals surface area contributed by atoms with E-state index in [2.05, 4.69) is 10.2 Å². The van der Waals surface area contributed by atoms with Gasteiger partial charge in [0.15, 0.2) is 6.61 Å². The monoisotopic (exact) mass is 382 g/mol. The highest BCUT2D eigenvalue weighted by molar-refractivity contribution is 5.92. The summed E-state index contributed by atoms with van der Waals surface area (Å²) in [5, 5.41) is 2.74. The molecule has 6 nitrogen and oxygen atoms in total. The zero-order chi connectivity index (χ0) is 19.6. The Kier molecular flexibility index (Phi) is 7.29. The summed E-state index contributed by atoms with van der Waals surface area (Å²) in [6, 6.07) is 17.0. The molecule has 3 rings (SSSR count). The number of benzene rings is 2. The zero-order valence-corrected chi connectivity index (χ0v) is 15.9. The van der Waals surface area contributed by atoms with E-state index in [1.54, 1.807) is 0 Å². The van der Waals surface area contributed by atoms with Crippen molar-refractivity contribution in [2.75, 3.05) is 36.5 Å². The third kappa shape index (κ3) is 6.30. The molecule has 0 bridgehead atoms. The van der Waals surface area contributed by atoms with Crippen molar-refractivity contribution < 1.29 is 19.1 Å². The van der Waals surface area contributed by atoms with Gasteiger partial charge in [-0.1, -0.05) is 18.2 Å². The summed E-state index contributed by atoms with van der Waals surface area (Å²) in [5.74, 6) is -0.129. The Morgan fingerprint density at radius 2 is 1.64 bits per heavy atom. The van der Waals surface area contributed by atoms with E-state index in [9.17, 15) is 9.59 Å². The predicted octanol–water partition coefficient (Wildman–Crippen LogP) is 3.63. The molecule has 0 unspecified atom stereocenters. The Hall–Kier alpha value is -3.02. The summed E-state index contributed by atoms with van der Waals surface area (Å²) in [4.78, 5) is 26.0. The maximum atomic E-state index is 12.0. The fourth-order valence-corrected chi connectivity index (χ4v) is 3.09. The summed E-state index contributed by atoms with van der Waals surface area (Å²) >= 11 is 0. The van der Waals surface area contributed by atoms with Crippen LogP contribution >= 0.6 is 0 Å². The molecule has 28 heavy (non-hydrogen) atoms. The van der Waals surface area contributed by atoms with Crippen molar-refractivity contribution in [3.05, 3.63) is 54.6 Å². The molecular formula is C22H26N2O4. The molecule has 1 N–H and O–H groups in total. The first kappa shape index (κ1) is 19.7. The van der Waals surface area contributed by atoms with Crippen LogP contribution in [0, 0.1) is 0 Å². The Bertz CT molecular complexity index is 756. The third-order valence-electron chi connectivity index (χ3n) is 4.55. The number of hydrogen-bond acceptors (Lipinski definition) is 5. The van der Waals surface area contributed by atoms with Crippen molar-refractivity contribution in [3.8, 4) is 5.75 Å². The van der Waals surface area contributed by atoms with Crippen molar-refractivity contribution in [3.63, 3.8) is 0 Å². The van der Waals surface area contributed by atoms with Gasteiger partial charge in [0.25, 0.3) is 5.91 Å². The van der Waals surface area contributed by atoms with Gasteiger partial charge < -0.3 is 19.7 Å². The van der Waals surface area contributed by atoms with Crippen LogP contribution in [-0.2, 0) is 14.3 Å². The van der Waals surface area contributed by atoms with Gasteiger partial charge in [-0.05, 0) is 55.7 Å². The molecule has 148 valence electrons. The van der Waals surface area contributed by atoms with Gasteiger partial charge in [-0.25, -0.2) is 0 Å². The minimum atomic E-state index is -0.466. The van der Waals surface area contributed by atoms with Gasteiger partial charge in [0.2, 0.25) is 0 Å². The average Bonchev–Trinajstić information content (AvgIpc) is 2.74. The number of ether oxygens (including phenoxy) is 2. The fraction of sp³-hybridized carbons (Fsp3) is 0.364. The number of para-hydroxylation sites is 1. The van der Waals surface area contributed by atoms with Gasteiger partial charge in [-0.3, -0.25) is 9.59 Å². The van der Waals surface area contributed by atoms with E-state index in [0.29, 0.717) is 11.4 Å². The highest BCUT2D eigenvalue weighted by Crippen LogP contribution is 2.21. The summed E-state index contributed by atoms with van der Waals surface area (Å²) in [7, 11) is 0. The maximum absolute atomic E-state index is 12.0. The van der Waals surface area contributed by atoms with Crippen LogP contribution in [0.1, 0.15) is 25.7 Å². The van der Waals surface area contributed by atoms with Crippen LogP contribution in [0.25, 0.3) is 0 Å². The lowest BCUT2D eigenvalue weighted by Gasteiger charge is -2.28. The molecule has 0 aromatic heterocycles. The number of carbonyl (C=O) groups is 2. The third-order valence-corrected chi connectivity index (χ3v) is 4.55. The normalized spacial score (nSPS) is 13.6. The molecule has 6 heteroatoms. The molecule has 0 spiro atoms. The van der Waals surface area contributed by atoms with Crippen LogP contribution in [0.3, 0.4) is 0 Å². The Morgan fingerprint density at radius 3 is 2.36 bits per heavy atom. The highest BCUT2D eigenvalue weighted by Gasteiger charge is 2.12. The first-order chi connectivity index (χ1) is 13.7. The maximum Gasteiger partial charge on any atom is 0.309 e. The molecular weight excluding hydrogens is 356 g/mol. The smallest absolute Gasteiger partial charge is 0.309 e. The summed E-state index contributed by atoms with van der Waals surface area (Å²) < 4.78 is 10.4. The Morgan fingerprint density at radius 1 is 0.929 bits per heavy atom. The van der Waals surface area contributed by atoms with Gasteiger partial charge in [0.1, 0.15) is 5.75 Å². The molecule has 0 radical (unpaired) electrons. The lowest BCUT2D eigenvalue weighted by molar-refractivity contribution is -0.147. The van der Waals surface area contributed by atoms with Crippen molar-refractivity contribution in [2.24, 2.45) is 0 Å². The highest BCUT2D eigenvalue weighted by atomic mass is 16.5. The number of carbonyl (C=O) groups excluding carboxylic acids is 2. The molecule has 0 saturated carbocycles. The molecule has 2 aromatic carbocycles. The van der Waals surface area contributed by atoms with E-state index in [1.807, 2.05) is 54.6 Å². The van der Waals surface area contributed by atoms with E-state index >= 15 is 0 Å². The van der Waals surface area contributed by atoms with Crippen molar-refractivity contribution in [2.45, 2.75) is 25.7 Å². The first-order valence-electron chi connectivity index (χ1n) is 9.69. The van der Waals surface area contributed by atoms with Gasteiger partial charge in [0.05, 0.1) is 13.0 Å². The van der Waals surface area contributed by atoms with Crippen molar-refractivity contribution in [1.29, 1.82) is 0 Å². The zero-order valence-electron chi connectivity index (χ0n) is 15.9. The van der Waals surface area contributed by atoms with Gasteiger partial charge in [-0.15, -0.1) is 0 Å². The Balaban J connectivity index is 1.35. The van der Waals surface area contributed by atoms with Crippen LogP contribution in [0.15, 0.2) is 54.6 Å². The number of esters is 1. The van der Waals surface area contributed by atoms with E-state index in [1.165, 1.54) is 24.9 Å². The number of piperidine rings is 1. The first-order valence-corrected chi connectivity index (χ1v) is 9.69. The van der Waals surface area contributed by atoms with Gasteiger partial charge in [0, 0.05) is 24.5 Å². The number of amides is 1. The number of rotatable bonds is 8. The molecule has 1 fully saturated rings. The topological polar surface area (TPSA) is 67.9 Å². The standard InChI is InChI=1S/C22H26N2O4/c25-21(17-28-22(26)13-16-27-20-7-3-1-4-8-20)23-18-9-11-19(12-10-18)24-14-5-2-6-15-24/h1,3-4,7-12H,2,5-6,13-17H2,(H,23,25). The predicted molar refractivity (Wildman–Crippen MR) is 109 cm³/mol. The molecule has 0 aliphatic carbocycles. The molecule has 1 amide bonds. The number of anilines is 2. The second-order valence-electron chi connectivity index (χ2n) is 6.71. The summed E-state index contributed by atoms with van der Waals surface area (Å²) in [5.41, 5.74) is 1.86. The molecule has 1 saturated heterocycles. The lowest BCUT2D eigenvalue weighted by atomic mass is 10.1. The van der Waals surface area contributed by atoms with E-state index < -0.39 is 5.97 Å². The summed E-state index contributed by atoms with van der Waals surface area (Å²) in [6.07, 6.45) is 3.83. The lowest BCUT2D eigenvalue weighted by Crippen LogP contribution is -2.29. The molecule has 1 aliphatic rings. The quantitative estimate of drug-likeness (QED) is 0.706. The van der Waals surface area contributed by atoms with Crippen LogP contribution in [0.4, 0.5) is 11.4 Å². The van der Waals surface area contributed by atoms with E-state index in [4.69, 9.17) is 9.47 Å². The molecule has 0 atom stereocenters. The SMILES string of the molecule is O=C(COC(=O)CCOc1ccccc1)Nc1ccc(N2CCCCC2)cc1. The molecule has 1 aliphatic heterocycles. The number of hydrogen-bond donors (Lipinski definition) is 1. The van der Waals surface area contributed by atoms with Crippen molar-refractivity contribution in [1.82, 2.24) is 0 Å². The van der Waals surface area contributed by atoms with Gasteiger partial charge >= 0.3 is 5.97 Å². The number of nitrogens with zero attached hydrogens (tertiary/aromatic N) is 1. The van der Waals surface area contributed by atoms with Gasteiger partial charge in [-0.2, -0.15) is 0 Å². The van der Waals surface area contributed by atoms with Crippen LogP contribution in [0.2, 0.25) is 0 Å². The largest absolute Gasteiger partial charge is 0.493 e. The molecule has 1 heterocycles. The second kappa shape index (κ2) is 10.3. The minimum Gasteiger partial charge on any atom is -0.493 e. The summed E-state index contributed by atoms with van der Waals surface area (Å²) in [6.45, 7) is 2.06. The fourth-order valence-electron chi connectivity index (χ4n) is 3.09. The number of nitrogens with one attached hydrogen (secondary N) is 1. The second-order valence-corrected chi connectivity index (χ2v) is 6.71.